The standard InChI is InChI=1S/C26H33N5S/c1-19-17-22(20(2)31(19)18-21-11-6-5-7-12-21)25-24(23-13-8-9-14-27-23)28-26(32)30(25)16-10-15-29(3)4/h5-9,11-14,17,24-25H,10,15-16,18H2,1-4H3,(H,28,32). The molecule has 168 valence electrons. The quantitative estimate of drug-likeness (QED) is 0.516. The zero-order valence-electron chi connectivity index (χ0n) is 19.5. The second kappa shape index (κ2) is 9.84. The fraction of sp³-hybridized carbons (Fsp3) is 0.385. The van der Waals surface area contributed by atoms with Crippen LogP contribution in [0.15, 0.2) is 60.8 Å². The highest BCUT2D eigenvalue weighted by Gasteiger charge is 2.41. The first-order valence-corrected chi connectivity index (χ1v) is 11.7. The third kappa shape index (κ3) is 4.71. The van der Waals surface area contributed by atoms with E-state index in [1.807, 2.05) is 12.3 Å². The molecule has 0 bridgehead atoms. The van der Waals surface area contributed by atoms with Crippen LogP contribution >= 0.6 is 12.2 Å². The van der Waals surface area contributed by atoms with E-state index >= 15 is 0 Å². The highest BCUT2D eigenvalue weighted by Crippen LogP contribution is 2.41. The number of aryl methyl sites for hydroxylation is 1. The van der Waals surface area contributed by atoms with Crippen LogP contribution in [0.2, 0.25) is 0 Å². The summed E-state index contributed by atoms with van der Waals surface area (Å²) in [6, 6.07) is 19.3. The zero-order valence-corrected chi connectivity index (χ0v) is 20.3. The molecule has 1 aliphatic rings. The maximum atomic E-state index is 5.83. The molecule has 3 heterocycles. The van der Waals surface area contributed by atoms with Gasteiger partial charge in [0.1, 0.15) is 0 Å². The number of hydrogen-bond acceptors (Lipinski definition) is 3. The summed E-state index contributed by atoms with van der Waals surface area (Å²) in [5.41, 5.74) is 6.23. The SMILES string of the molecule is Cc1cc(C2C(c3ccccn3)NC(=S)N2CCCN(C)C)c(C)n1Cc1ccccc1. The lowest BCUT2D eigenvalue weighted by molar-refractivity contribution is 0.292. The van der Waals surface area contributed by atoms with Crippen LogP contribution in [-0.4, -0.2) is 51.6 Å². The predicted octanol–water partition coefficient (Wildman–Crippen LogP) is 4.47. The minimum absolute atomic E-state index is 0.0359. The van der Waals surface area contributed by atoms with Crippen LogP contribution in [0.5, 0.6) is 0 Å². The summed E-state index contributed by atoms with van der Waals surface area (Å²) in [5.74, 6) is 0. The number of benzene rings is 1. The molecular formula is C26H33N5S. The molecular weight excluding hydrogens is 414 g/mol. The molecule has 32 heavy (non-hydrogen) atoms. The van der Waals surface area contributed by atoms with Crippen LogP contribution in [0.25, 0.3) is 0 Å². The van der Waals surface area contributed by atoms with Gasteiger partial charge in [-0.25, -0.2) is 0 Å². The predicted molar refractivity (Wildman–Crippen MR) is 135 cm³/mol. The molecule has 2 atom stereocenters. The van der Waals surface area contributed by atoms with Gasteiger partial charge in [0.25, 0.3) is 0 Å². The van der Waals surface area contributed by atoms with Crippen molar-refractivity contribution >= 4 is 17.3 Å². The van der Waals surface area contributed by atoms with Gasteiger partial charge in [0.05, 0.1) is 17.8 Å². The topological polar surface area (TPSA) is 36.3 Å². The fourth-order valence-electron chi connectivity index (χ4n) is 4.68. The van der Waals surface area contributed by atoms with Crippen LogP contribution in [0.1, 0.15) is 46.7 Å². The number of rotatable bonds is 8. The summed E-state index contributed by atoms with van der Waals surface area (Å²) in [7, 11) is 4.23. The molecule has 0 aliphatic carbocycles. The van der Waals surface area contributed by atoms with Gasteiger partial charge in [-0.15, -0.1) is 0 Å². The van der Waals surface area contributed by atoms with Crippen molar-refractivity contribution in [3.05, 3.63) is 89.0 Å². The summed E-state index contributed by atoms with van der Waals surface area (Å²) >= 11 is 5.83. The number of pyridine rings is 1. The molecule has 0 saturated carbocycles. The largest absolute Gasteiger partial charge is 0.352 e. The maximum Gasteiger partial charge on any atom is 0.170 e. The number of hydrogen-bond donors (Lipinski definition) is 1. The van der Waals surface area contributed by atoms with Crippen molar-refractivity contribution in [2.24, 2.45) is 0 Å². The molecule has 4 rings (SSSR count). The molecule has 2 aromatic heterocycles. The molecule has 6 heteroatoms. The summed E-state index contributed by atoms with van der Waals surface area (Å²) in [6.07, 6.45) is 2.92. The molecule has 3 aromatic rings. The lowest BCUT2D eigenvalue weighted by Gasteiger charge is -2.28. The highest BCUT2D eigenvalue weighted by atomic mass is 32.1. The van der Waals surface area contributed by atoms with E-state index in [9.17, 15) is 0 Å². The molecule has 2 unspecified atom stereocenters. The first-order chi connectivity index (χ1) is 15.5. The van der Waals surface area contributed by atoms with Gasteiger partial charge in [-0.05, 0) is 82.5 Å². The average Bonchev–Trinajstić information content (AvgIpc) is 3.25. The van der Waals surface area contributed by atoms with E-state index in [0.29, 0.717) is 0 Å². The Labute approximate surface area is 197 Å². The van der Waals surface area contributed by atoms with Gasteiger partial charge in [-0.3, -0.25) is 4.98 Å². The van der Waals surface area contributed by atoms with E-state index in [1.165, 1.54) is 22.5 Å². The van der Waals surface area contributed by atoms with Crippen molar-refractivity contribution in [2.45, 2.75) is 38.9 Å². The normalized spacial score (nSPS) is 18.4. The van der Waals surface area contributed by atoms with Crippen LogP contribution < -0.4 is 5.32 Å². The van der Waals surface area contributed by atoms with Crippen molar-refractivity contribution in [3.63, 3.8) is 0 Å². The van der Waals surface area contributed by atoms with Gasteiger partial charge in [0, 0.05) is 30.7 Å². The first kappa shape index (κ1) is 22.5. The highest BCUT2D eigenvalue weighted by molar-refractivity contribution is 7.80. The second-order valence-electron chi connectivity index (χ2n) is 8.88. The smallest absolute Gasteiger partial charge is 0.170 e. The van der Waals surface area contributed by atoms with Crippen molar-refractivity contribution < 1.29 is 0 Å². The Morgan fingerprint density at radius 2 is 1.81 bits per heavy atom. The van der Waals surface area contributed by atoms with Gasteiger partial charge in [0.2, 0.25) is 0 Å². The Kier molecular flexibility index (Phi) is 6.92. The molecule has 1 saturated heterocycles. The Balaban J connectivity index is 1.70. The van der Waals surface area contributed by atoms with Gasteiger partial charge in [-0.2, -0.15) is 0 Å². The van der Waals surface area contributed by atoms with Gasteiger partial charge < -0.3 is 19.7 Å². The third-order valence-electron chi connectivity index (χ3n) is 6.32. The first-order valence-electron chi connectivity index (χ1n) is 11.3. The van der Waals surface area contributed by atoms with Gasteiger partial charge >= 0.3 is 0 Å². The summed E-state index contributed by atoms with van der Waals surface area (Å²) in [5, 5.41) is 4.40. The lowest BCUT2D eigenvalue weighted by atomic mass is 9.96. The Morgan fingerprint density at radius 1 is 1.06 bits per heavy atom. The van der Waals surface area contributed by atoms with Crippen molar-refractivity contribution in [2.75, 3.05) is 27.2 Å². The molecule has 0 amide bonds. The summed E-state index contributed by atoms with van der Waals surface area (Å²) in [4.78, 5) is 9.27. The van der Waals surface area contributed by atoms with E-state index in [-0.39, 0.29) is 12.1 Å². The molecule has 0 spiro atoms. The lowest BCUT2D eigenvalue weighted by Crippen LogP contribution is -2.32. The number of nitrogens with zero attached hydrogens (tertiary/aromatic N) is 4. The van der Waals surface area contributed by atoms with Crippen molar-refractivity contribution in [1.29, 1.82) is 0 Å². The number of nitrogens with one attached hydrogen (secondary N) is 1. The number of aromatic nitrogens is 2. The molecule has 5 nitrogen and oxygen atoms in total. The fourth-order valence-corrected chi connectivity index (χ4v) is 5.01. The maximum absolute atomic E-state index is 5.83. The molecule has 0 radical (unpaired) electrons. The van der Waals surface area contributed by atoms with E-state index in [1.54, 1.807) is 0 Å². The minimum atomic E-state index is 0.0359. The van der Waals surface area contributed by atoms with E-state index in [0.717, 1.165) is 36.9 Å². The second-order valence-corrected chi connectivity index (χ2v) is 9.26. The van der Waals surface area contributed by atoms with Crippen LogP contribution in [0.3, 0.4) is 0 Å². The summed E-state index contributed by atoms with van der Waals surface area (Å²) < 4.78 is 2.42. The van der Waals surface area contributed by atoms with E-state index in [2.05, 4.69) is 101 Å². The monoisotopic (exact) mass is 447 g/mol. The third-order valence-corrected chi connectivity index (χ3v) is 6.67. The van der Waals surface area contributed by atoms with Crippen molar-refractivity contribution in [1.82, 2.24) is 24.7 Å². The van der Waals surface area contributed by atoms with Crippen LogP contribution in [-0.2, 0) is 6.54 Å². The van der Waals surface area contributed by atoms with E-state index in [4.69, 9.17) is 12.2 Å². The minimum Gasteiger partial charge on any atom is -0.352 e. The average molecular weight is 448 g/mol. The van der Waals surface area contributed by atoms with E-state index < -0.39 is 0 Å². The molecule has 1 aromatic carbocycles. The van der Waals surface area contributed by atoms with Gasteiger partial charge in [0.15, 0.2) is 5.11 Å². The Hall–Kier alpha value is -2.70. The summed E-state index contributed by atoms with van der Waals surface area (Å²) in [6.45, 7) is 7.26. The Bertz CT molecular complexity index is 1040. The molecule has 1 fully saturated rings. The Morgan fingerprint density at radius 3 is 2.50 bits per heavy atom. The van der Waals surface area contributed by atoms with Crippen molar-refractivity contribution in [3.8, 4) is 0 Å². The number of thiocarbonyl (C=S) groups is 1. The molecule has 1 N–H and O–H groups in total. The van der Waals surface area contributed by atoms with Crippen LogP contribution in [0, 0.1) is 13.8 Å². The zero-order chi connectivity index (χ0) is 22.7. The molecule has 1 aliphatic heterocycles. The van der Waals surface area contributed by atoms with Gasteiger partial charge in [-0.1, -0.05) is 36.4 Å². The van der Waals surface area contributed by atoms with Crippen LogP contribution in [0.4, 0.5) is 0 Å².